The zero-order valence-corrected chi connectivity index (χ0v) is 7.25. The third-order valence-electron chi connectivity index (χ3n) is 1.69. The molecule has 5 heteroatoms. The maximum absolute atomic E-state index is 11.0. The van der Waals surface area contributed by atoms with E-state index in [4.69, 9.17) is 0 Å². The Balaban J connectivity index is 2.45. The Bertz CT molecular complexity index is 183. The molecule has 0 bridgehead atoms. The number of carbonyl (C=O) groups excluding carboxylic acids is 2. The lowest BCUT2D eigenvalue weighted by molar-refractivity contribution is -0.129. The van der Waals surface area contributed by atoms with Crippen LogP contribution in [0.5, 0.6) is 0 Å². The largest absolute Gasteiger partial charge is 0.344 e. The van der Waals surface area contributed by atoms with Gasteiger partial charge in [0.2, 0.25) is 11.8 Å². The minimum absolute atomic E-state index is 0.0325. The van der Waals surface area contributed by atoms with E-state index in [1.165, 1.54) is 0 Å². The first kappa shape index (κ1) is 8.47. The highest BCUT2D eigenvalue weighted by Crippen LogP contribution is 2.07. The van der Waals surface area contributed by atoms with Crippen LogP contribution in [0, 0.1) is 0 Å². The van der Waals surface area contributed by atoms with Crippen LogP contribution < -0.4 is 10.4 Å². The summed E-state index contributed by atoms with van der Waals surface area (Å²) in [5.74, 6) is -0.169. The van der Waals surface area contributed by atoms with Crippen molar-refractivity contribution >= 4 is 21.2 Å². The highest BCUT2D eigenvalue weighted by molar-refractivity contribution is 7.15. The van der Waals surface area contributed by atoms with Crippen LogP contribution in [0.15, 0.2) is 0 Å². The number of amides is 2. The minimum atomic E-state index is -0.325. The maximum Gasteiger partial charge on any atom is 0.245 e. The smallest absolute Gasteiger partial charge is 0.245 e. The summed E-state index contributed by atoms with van der Waals surface area (Å²) in [6.45, 7) is 0. The van der Waals surface area contributed by atoms with Gasteiger partial charge in [0.1, 0.15) is 6.04 Å². The van der Waals surface area contributed by atoms with Gasteiger partial charge in [-0.05, 0) is 22.2 Å². The SMILES string of the molecule is O=C1CCCC(C(=O)NP)N1. The third-order valence-corrected chi connectivity index (χ3v) is 1.98. The summed E-state index contributed by atoms with van der Waals surface area (Å²) in [6.07, 6.45) is 2.08. The molecule has 1 aliphatic heterocycles. The Morgan fingerprint density at radius 3 is 3.00 bits per heavy atom. The molecule has 2 N–H and O–H groups in total. The second-order valence-electron chi connectivity index (χ2n) is 2.52. The van der Waals surface area contributed by atoms with Gasteiger partial charge in [0, 0.05) is 6.42 Å². The highest BCUT2D eigenvalue weighted by Gasteiger charge is 2.23. The lowest BCUT2D eigenvalue weighted by Gasteiger charge is -2.21. The zero-order valence-electron chi connectivity index (χ0n) is 6.09. The second kappa shape index (κ2) is 3.67. The number of carbonyl (C=O) groups is 2. The Kier molecular flexibility index (Phi) is 2.83. The van der Waals surface area contributed by atoms with Crippen LogP contribution in [0.3, 0.4) is 0 Å². The molecule has 0 aliphatic carbocycles. The fraction of sp³-hybridized carbons (Fsp3) is 0.667. The van der Waals surface area contributed by atoms with Gasteiger partial charge >= 0.3 is 0 Å². The van der Waals surface area contributed by atoms with Crippen LogP contribution in [-0.4, -0.2) is 17.9 Å². The predicted molar refractivity (Wildman–Crippen MR) is 43.6 cm³/mol. The molecule has 2 unspecified atom stereocenters. The quantitative estimate of drug-likeness (QED) is 0.529. The van der Waals surface area contributed by atoms with Crippen molar-refractivity contribution < 1.29 is 9.59 Å². The average molecular weight is 174 g/mol. The van der Waals surface area contributed by atoms with E-state index in [2.05, 4.69) is 19.8 Å². The molecule has 2 amide bonds. The molecule has 1 saturated heterocycles. The first-order valence-corrected chi connectivity index (χ1v) is 4.11. The zero-order chi connectivity index (χ0) is 8.27. The number of hydrogen-bond acceptors (Lipinski definition) is 2. The van der Waals surface area contributed by atoms with E-state index in [1.807, 2.05) is 0 Å². The van der Waals surface area contributed by atoms with Crippen molar-refractivity contribution in [1.82, 2.24) is 10.4 Å². The summed E-state index contributed by atoms with van der Waals surface area (Å²) in [4.78, 5) is 21.8. The van der Waals surface area contributed by atoms with Crippen molar-refractivity contribution in [2.45, 2.75) is 25.3 Å². The molecule has 0 aromatic heterocycles. The molecule has 0 aromatic carbocycles. The number of rotatable bonds is 1. The van der Waals surface area contributed by atoms with E-state index in [-0.39, 0.29) is 17.9 Å². The van der Waals surface area contributed by atoms with Gasteiger partial charge in [-0.3, -0.25) is 9.59 Å². The van der Waals surface area contributed by atoms with Crippen molar-refractivity contribution in [3.63, 3.8) is 0 Å². The summed E-state index contributed by atoms with van der Waals surface area (Å²) in [7, 11) is 2.13. The molecule has 0 saturated carbocycles. The van der Waals surface area contributed by atoms with Crippen LogP contribution in [0.1, 0.15) is 19.3 Å². The lowest BCUT2D eigenvalue weighted by Crippen LogP contribution is -2.46. The predicted octanol–water partition coefficient (Wildman–Crippen LogP) is -0.439. The minimum Gasteiger partial charge on any atom is -0.344 e. The first-order chi connectivity index (χ1) is 5.24. The monoisotopic (exact) mass is 174 g/mol. The van der Waals surface area contributed by atoms with Crippen LogP contribution in [0.4, 0.5) is 0 Å². The van der Waals surface area contributed by atoms with Gasteiger partial charge in [-0.25, -0.2) is 0 Å². The van der Waals surface area contributed by atoms with Crippen LogP contribution in [-0.2, 0) is 9.59 Å². The fourth-order valence-corrected chi connectivity index (χ4v) is 1.30. The molecule has 11 heavy (non-hydrogen) atoms. The Morgan fingerprint density at radius 2 is 2.45 bits per heavy atom. The van der Waals surface area contributed by atoms with E-state index < -0.39 is 0 Å². The molecule has 1 rings (SSSR count). The first-order valence-electron chi connectivity index (χ1n) is 3.54. The molecule has 1 heterocycles. The van der Waals surface area contributed by atoms with Crippen LogP contribution >= 0.6 is 9.39 Å². The Morgan fingerprint density at radius 1 is 1.73 bits per heavy atom. The molecule has 0 spiro atoms. The van der Waals surface area contributed by atoms with E-state index >= 15 is 0 Å². The highest BCUT2D eigenvalue weighted by atomic mass is 31.0. The van der Waals surface area contributed by atoms with Gasteiger partial charge in [-0.15, -0.1) is 0 Å². The lowest BCUT2D eigenvalue weighted by atomic mass is 10.0. The van der Waals surface area contributed by atoms with E-state index in [0.717, 1.165) is 12.8 Å². The van der Waals surface area contributed by atoms with Crippen molar-refractivity contribution in [3.05, 3.63) is 0 Å². The van der Waals surface area contributed by atoms with Crippen LogP contribution in [0.25, 0.3) is 0 Å². The molecule has 1 aliphatic rings. The van der Waals surface area contributed by atoms with Gasteiger partial charge in [0.25, 0.3) is 0 Å². The number of piperidine rings is 1. The Labute approximate surface area is 67.4 Å². The van der Waals surface area contributed by atoms with E-state index in [0.29, 0.717) is 6.42 Å². The fourth-order valence-electron chi connectivity index (χ4n) is 1.10. The molecule has 0 aromatic rings. The molecule has 1 fully saturated rings. The topological polar surface area (TPSA) is 58.2 Å². The van der Waals surface area contributed by atoms with E-state index in [9.17, 15) is 9.59 Å². The molecule has 62 valence electrons. The van der Waals surface area contributed by atoms with Crippen LogP contribution in [0.2, 0.25) is 0 Å². The van der Waals surface area contributed by atoms with Crippen molar-refractivity contribution in [2.75, 3.05) is 0 Å². The van der Waals surface area contributed by atoms with E-state index in [1.54, 1.807) is 0 Å². The summed E-state index contributed by atoms with van der Waals surface area (Å²) in [5.41, 5.74) is 0. The van der Waals surface area contributed by atoms with Crippen molar-refractivity contribution in [2.24, 2.45) is 0 Å². The molecular formula is C6H11N2O2P. The number of hydrogen-bond donors (Lipinski definition) is 2. The molecule has 4 nitrogen and oxygen atoms in total. The maximum atomic E-state index is 11.0. The van der Waals surface area contributed by atoms with Gasteiger partial charge in [-0.2, -0.15) is 0 Å². The van der Waals surface area contributed by atoms with Crippen molar-refractivity contribution in [3.8, 4) is 0 Å². The normalized spacial score (nSPS) is 24.1. The molecule has 0 radical (unpaired) electrons. The average Bonchev–Trinajstić information content (AvgIpc) is 2.03. The van der Waals surface area contributed by atoms with Gasteiger partial charge in [0.05, 0.1) is 0 Å². The van der Waals surface area contributed by atoms with Gasteiger partial charge < -0.3 is 10.4 Å². The number of nitrogens with one attached hydrogen (secondary N) is 2. The molecular weight excluding hydrogens is 163 g/mol. The van der Waals surface area contributed by atoms with Crippen molar-refractivity contribution in [1.29, 1.82) is 0 Å². The summed E-state index contributed by atoms with van der Waals surface area (Å²) < 4.78 is 0. The third kappa shape index (κ3) is 2.15. The van der Waals surface area contributed by atoms with Gasteiger partial charge in [0.15, 0.2) is 0 Å². The summed E-state index contributed by atoms with van der Waals surface area (Å²) >= 11 is 0. The summed E-state index contributed by atoms with van der Waals surface area (Å²) in [5, 5.41) is 5.02. The molecule has 2 atom stereocenters. The second-order valence-corrected chi connectivity index (χ2v) is 2.81. The summed E-state index contributed by atoms with van der Waals surface area (Å²) in [6, 6.07) is -0.325. The Hall–Kier alpha value is -0.630. The standard InChI is InChI=1S/C6H11N2O2P/c9-5-3-1-2-4(7-5)6(10)8-11/h4H,1-3,11H2,(H,7,9)(H,8,10). The van der Waals surface area contributed by atoms with Gasteiger partial charge in [-0.1, -0.05) is 0 Å².